The molecule has 1 aliphatic heterocycles. The summed E-state index contributed by atoms with van der Waals surface area (Å²) in [5.74, 6) is 0.774. The summed E-state index contributed by atoms with van der Waals surface area (Å²) < 4.78 is 16.1. The van der Waals surface area contributed by atoms with E-state index < -0.39 is 18.0 Å². The van der Waals surface area contributed by atoms with E-state index in [1.54, 1.807) is 24.4 Å². The minimum absolute atomic E-state index is 0.400. The predicted octanol–water partition coefficient (Wildman–Crippen LogP) is 3.06. The molecule has 8 heteroatoms. The highest BCUT2D eigenvalue weighted by atomic mass is 16.5. The lowest BCUT2D eigenvalue weighted by Gasteiger charge is -2.24. The molecule has 0 aliphatic carbocycles. The zero-order valence-corrected chi connectivity index (χ0v) is 16.1. The van der Waals surface area contributed by atoms with Crippen LogP contribution in [-0.2, 0) is 4.79 Å². The third-order valence-corrected chi connectivity index (χ3v) is 4.82. The molecule has 0 bridgehead atoms. The quantitative estimate of drug-likeness (QED) is 0.670. The normalized spacial score (nSPS) is 16.1. The molecule has 148 valence electrons. The zero-order chi connectivity index (χ0) is 20.5. The van der Waals surface area contributed by atoms with Crippen molar-refractivity contribution in [1.29, 1.82) is 0 Å². The van der Waals surface area contributed by atoms with Gasteiger partial charge in [0.15, 0.2) is 11.5 Å². The summed E-state index contributed by atoms with van der Waals surface area (Å²) in [6.45, 7) is 0. The number of carbonyl (C=O) groups is 2. The Bertz CT molecular complexity index is 1090. The van der Waals surface area contributed by atoms with Crippen LogP contribution in [0.25, 0.3) is 10.9 Å². The number of methoxy groups -OCH3 is 3. The number of benzene rings is 2. The summed E-state index contributed by atoms with van der Waals surface area (Å²) >= 11 is 0. The molecule has 3 amide bonds. The van der Waals surface area contributed by atoms with Crippen molar-refractivity contribution in [3.8, 4) is 17.2 Å². The largest absolute Gasteiger partial charge is 0.493 e. The van der Waals surface area contributed by atoms with Crippen LogP contribution in [0.3, 0.4) is 0 Å². The van der Waals surface area contributed by atoms with Gasteiger partial charge in [0.2, 0.25) is 5.75 Å². The van der Waals surface area contributed by atoms with E-state index in [1.807, 2.05) is 24.3 Å². The molecule has 1 saturated heterocycles. The fourth-order valence-corrected chi connectivity index (χ4v) is 3.51. The van der Waals surface area contributed by atoms with Crippen LogP contribution in [0.15, 0.2) is 48.7 Å². The standard InChI is InChI=1S/C21H19N3O5/c1-27-16-10-13(11-17(28-2)19(16)29-3)18-20(25)23-21(26)24(18)14-6-7-15-12(9-14)5-4-8-22-15/h4-11,18H,1-3H3,(H,23,25,26). The average molecular weight is 393 g/mol. The second-order valence-corrected chi connectivity index (χ2v) is 6.41. The molecule has 1 aromatic heterocycles. The van der Waals surface area contributed by atoms with Gasteiger partial charge < -0.3 is 14.2 Å². The van der Waals surface area contributed by atoms with Crippen molar-refractivity contribution in [1.82, 2.24) is 10.3 Å². The number of hydrogen-bond acceptors (Lipinski definition) is 6. The van der Waals surface area contributed by atoms with Crippen molar-refractivity contribution in [2.75, 3.05) is 26.2 Å². The van der Waals surface area contributed by atoms with E-state index in [4.69, 9.17) is 14.2 Å². The molecule has 2 heterocycles. The summed E-state index contributed by atoms with van der Waals surface area (Å²) in [5, 5.41) is 3.25. The highest BCUT2D eigenvalue weighted by molar-refractivity contribution is 6.15. The number of aromatic nitrogens is 1. The third-order valence-electron chi connectivity index (χ3n) is 4.82. The highest BCUT2D eigenvalue weighted by Crippen LogP contribution is 2.42. The van der Waals surface area contributed by atoms with Gasteiger partial charge in [-0.1, -0.05) is 6.07 Å². The lowest BCUT2D eigenvalue weighted by Crippen LogP contribution is -2.29. The van der Waals surface area contributed by atoms with Crippen molar-refractivity contribution in [3.63, 3.8) is 0 Å². The zero-order valence-electron chi connectivity index (χ0n) is 16.1. The molecule has 1 aliphatic rings. The number of anilines is 1. The Hall–Kier alpha value is -3.81. The summed E-state index contributed by atoms with van der Waals surface area (Å²) in [4.78, 5) is 31.0. The Morgan fingerprint density at radius 2 is 1.69 bits per heavy atom. The van der Waals surface area contributed by atoms with Crippen LogP contribution in [0.2, 0.25) is 0 Å². The molecule has 8 nitrogen and oxygen atoms in total. The summed E-state index contributed by atoms with van der Waals surface area (Å²) in [6.07, 6.45) is 1.70. The van der Waals surface area contributed by atoms with Crippen LogP contribution in [0, 0.1) is 0 Å². The first-order chi connectivity index (χ1) is 14.1. The molecular formula is C21H19N3O5. The second kappa shape index (κ2) is 7.31. The van der Waals surface area contributed by atoms with Crippen molar-refractivity contribution < 1.29 is 23.8 Å². The minimum atomic E-state index is -0.884. The molecule has 0 radical (unpaired) electrons. The average Bonchev–Trinajstić information content (AvgIpc) is 3.05. The highest BCUT2D eigenvalue weighted by Gasteiger charge is 2.41. The van der Waals surface area contributed by atoms with E-state index >= 15 is 0 Å². The molecule has 2 aromatic carbocycles. The molecule has 4 rings (SSSR count). The van der Waals surface area contributed by atoms with Crippen LogP contribution in [-0.4, -0.2) is 38.3 Å². The Morgan fingerprint density at radius 3 is 2.34 bits per heavy atom. The molecule has 1 unspecified atom stereocenters. The SMILES string of the molecule is COc1cc(C2C(=O)NC(=O)N2c2ccc3ncccc3c2)cc(OC)c1OC. The number of ether oxygens (including phenoxy) is 3. The molecule has 1 fully saturated rings. The Kier molecular flexibility index (Phi) is 4.67. The number of imide groups is 1. The van der Waals surface area contributed by atoms with Gasteiger partial charge in [0.25, 0.3) is 5.91 Å². The monoisotopic (exact) mass is 393 g/mol. The van der Waals surface area contributed by atoms with Crippen LogP contribution < -0.4 is 24.4 Å². The first-order valence-corrected chi connectivity index (χ1v) is 8.86. The van der Waals surface area contributed by atoms with E-state index in [2.05, 4.69) is 10.3 Å². The molecule has 0 spiro atoms. The second-order valence-electron chi connectivity index (χ2n) is 6.41. The van der Waals surface area contributed by atoms with Crippen molar-refractivity contribution in [2.24, 2.45) is 0 Å². The molecule has 3 aromatic rings. The van der Waals surface area contributed by atoms with Gasteiger partial charge in [0.05, 0.1) is 26.8 Å². The molecular weight excluding hydrogens is 374 g/mol. The van der Waals surface area contributed by atoms with Gasteiger partial charge in [0, 0.05) is 17.3 Å². The van der Waals surface area contributed by atoms with Crippen LogP contribution in [0.1, 0.15) is 11.6 Å². The lowest BCUT2D eigenvalue weighted by atomic mass is 10.0. The van der Waals surface area contributed by atoms with Crippen molar-refractivity contribution >= 4 is 28.5 Å². The smallest absolute Gasteiger partial charge is 0.329 e. The number of rotatable bonds is 5. The third kappa shape index (κ3) is 3.08. The van der Waals surface area contributed by atoms with E-state index in [-0.39, 0.29) is 0 Å². The molecule has 1 atom stereocenters. The van der Waals surface area contributed by atoms with Gasteiger partial charge in [-0.05, 0) is 42.0 Å². The van der Waals surface area contributed by atoms with Gasteiger partial charge in [-0.3, -0.25) is 20.0 Å². The Balaban J connectivity index is 1.84. The van der Waals surface area contributed by atoms with Gasteiger partial charge in [-0.2, -0.15) is 0 Å². The van der Waals surface area contributed by atoms with Crippen LogP contribution in [0.5, 0.6) is 17.2 Å². The predicted molar refractivity (Wildman–Crippen MR) is 107 cm³/mol. The maximum Gasteiger partial charge on any atom is 0.329 e. The number of pyridine rings is 1. The maximum atomic E-state index is 12.7. The topological polar surface area (TPSA) is 90.0 Å². The summed E-state index contributed by atoms with van der Waals surface area (Å²) in [7, 11) is 4.49. The Labute approximate surface area is 167 Å². The van der Waals surface area contributed by atoms with Crippen LogP contribution in [0.4, 0.5) is 10.5 Å². The number of nitrogens with zero attached hydrogens (tertiary/aromatic N) is 2. The van der Waals surface area contributed by atoms with Crippen molar-refractivity contribution in [3.05, 3.63) is 54.2 Å². The fourth-order valence-electron chi connectivity index (χ4n) is 3.51. The number of urea groups is 1. The first kappa shape index (κ1) is 18.5. The number of hydrogen-bond donors (Lipinski definition) is 1. The van der Waals surface area contributed by atoms with Gasteiger partial charge in [0.1, 0.15) is 6.04 Å². The summed E-state index contributed by atoms with van der Waals surface area (Å²) in [5.41, 5.74) is 1.91. The van der Waals surface area contributed by atoms with E-state index in [0.717, 1.165) is 10.9 Å². The van der Waals surface area contributed by atoms with Crippen LogP contribution >= 0.6 is 0 Å². The minimum Gasteiger partial charge on any atom is -0.493 e. The van der Waals surface area contributed by atoms with E-state index in [1.165, 1.54) is 26.2 Å². The molecule has 0 saturated carbocycles. The van der Waals surface area contributed by atoms with E-state index in [9.17, 15) is 9.59 Å². The van der Waals surface area contributed by atoms with Gasteiger partial charge >= 0.3 is 6.03 Å². The molecule has 1 N–H and O–H groups in total. The first-order valence-electron chi connectivity index (χ1n) is 8.86. The number of nitrogens with one attached hydrogen (secondary N) is 1. The lowest BCUT2D eigenvalue weighted by molar-refractivity contribution is -0.119. The number of amides is 3. The van der Waals surface area contributed by atoms with Gasteiger partial charge in [-0.25, -0.2) is 4.79 Å². The van der Waals surface area contributed by atoms with Gasteiger partial charge in [-0.15, -0.1) is 0 Å². The molecule has 29 heavy (non-hydrogen) atoms. The number of carbonyl (C=O) groups excluding carboxylic acids is 2. The maximum absolute atomic E-state index is 12.7. The summed E-state index contributed by atoms with van der Waals surface area (Å²) in [6, 6.07) is 11.1. The van der Waals surface area contributed by atoms with E-state index in [0.29, 0.717) is 28.5 Å². The van der Waals surface area contributed by atoms with Crippen molar-refractivity contribution in [2.45, 2.75) is 6.04 Å². The Morgan fingerprint density at radius 1 is 0.966 bits per heavy atom. The number of fused-ring (bicyclic) bond motifs is 1. The fraction of sp³-hybridized carbons (Fsp3) is 0.190.